The summed E-state index contributed by atoms with van der Waals surface area (Å²) in [6.45, 7) is 0. The molecule has 11 rings (SSSR count). The number of fused-ring (bicyclic) bond motifs is 8. The second-order valence-electron chi connectivity index (χ2n) is 13.5. The maximum Gasteiger partial charge on any atom is 0.135 e. The van der Waals surface area contributed by atoms with Gasteiger partial charge in [-0.2, -0.15) is 0 Å². The fourth-order valence-electron chi connectivity index (χ4n) is 8.50. The van der Waals surface area contributed by atoms with Crippen molar-refractivity contribution in [2.24, 2.45) is 0 Å². The van der Waals surface area contributed by atoms with E-state index in [1.807, 2.05) is 91.0 Å². The van der Waals surface area contributed by atoms with Gasteiger partial charge in [-0.3, -0.25) is 0 Å². The Hall–Kier alpha value is -6.90. The summed E-state index contributed by atoms with van der Waals surface area (Å²) in [7, 11) is 0. The molecule has 0 fully saturated rings. The van der Waals surface area contributed by atoms with Crippen LogP contribution in [0.3, 0.4) is 0 Å². The zero-order valence-electron chi connectivity index (χ0n) is 35.4. The van der Waals surface area contributed by atoms with Gasteiger partial charge in [0.25, 0.3) is 0 Å². The molecule has 1 heterocycles. The Labute approximate surface area is 317 Å². The van der Waals surface area contributed by atoms with Gasteiger partial charge >= 0.3 is 0 Å². The van der Waals surface area contributed by atoms with Crippen LogP contribution < -0.4 is 4.90 Å². The topological polar surface area (TPSA) is 16.4 Å². The normalized spacial score (nSPS) is 16.7. The Kier molecular flexibility index (Phi) is 5.14. The van der Waals surface area contributed by atoms with Crippen LogP contribution in [0.2, 0.25) is 0 Å². The van der Waals surface area contributed by atoms with Crippen molar-refractivity contribution in [3.8, 4) is 11.1 Å². The number of furan rings is 1. The van der Waals surface area contributed by atoms with Crippen LogP contribution in [0.1, 0.15) is 31.8 Å². The average molecular weight is 683 g/mol. The van der Waals surface area contributed by atoms with E-state index >= 15 is 0 Å². The van der Waals surface area contributed by atoms with E-state index in [2.05, 4.69) is 71.6 Å². The minimum absolute atomic E-state index is 0.0882. The number of hydrogen-bond donors (Lipinski definition) is 0. The van der Waals surface area contributed by atoms with Gasteiger partial charge in [-0.05, 0) is 109 Å². The molecule has 0 bridgehead atoms. The van der Waals surface area contributed by atoms with Gasteiger partial charge in [-0.1, -0.05) is 145 Å². The van der Waals surface area contributed by atoms with Gasteiger partial charge in [0.1, 0.15) is 11.2 Å². The molecule has 248 valence electrons. The van der Waals surface area contributed by atoms with E-state index in [9.17, 15) is 4.11 Å². The number of rotatable bonds is 5. The second-order valence-corrected chi connectivity index (χ2v) is 13.5. The standard InChI is InChI=1S/C51H33NO/c1-2-17-39(18-3-1)52(40-28-26-35-14-5-7-16-37(35)32-40)41-29-30-46-44(33-41)42-19-8-10-21-45(42)51(46,38-27-25-34-13-4-6-15-36(34)31-38)47-22-12-24-49-50(47)43-20-9-11-23-48(43)53-49/h1-33H/i4D,6D,13D,15D,25D,27D,31D. The summed E-state index contributed by atoms with van der Waals surface area (Å²) in [5.74, 6) is 0. The van der Waals surface area contributed by atoms with Gasteiger partial charge in [0.05, 0.1) is 15.0 Å². The molecular formula is C51H33NO. The highest BCUT2D eigenvalue weighted by Crippen LogP contribution is 2.59. The average Bonchev–Trinajstić information content (AvgIpc) is 3.80. The molecule has 1 unspecified atom stereocenters. The van der Waals surface area contributed by atoms with E-state index in [4.69, 9.17) is 9.90 Å². The molecule has 53 heavy (non-hydrogen) atoms. The van der Waals surface area contributed by atoms with Crippen molar-refractivity contribution < 1.29 is 14.0 Å². The molecule has 1 aliphatic rings. The van der Waals surface area contributed by atoms with E-state index in [1.165, 1.54) is 0 Å². The summed E-state index contributed by atoms with van der Waals surface area (Å²) >= 11 is 0. The molecule has 0 saturated heterocycles. The first-order valence-electron chi connectivity index (χ1n) is 21.2. The van der Waals surface area contributed by atoms with E-state index in [1.54, 1.807) is 0 Å². The van der Waals surface area contributed by atoms with Crippen LogP contribution in [-0.4, -0.2) is 0 Å². The molecule has 9 aromatic carbocycles. The third-order valence-electron chi connectivity index (χ3n) is 10.7. The van der Waals surface area contributed by atoms with Crippen molar-refractivity contribution in [2.75, 3.05) is 4.90 Å². The van der Waals surface area contributed by atoms with E-state index in [0.717, 1.165) is 66.4 Å². The van der Waals surface area contributed by atoms with Gasteiger partial charge in [-0.15, -0.1) is 0 Å². The van der Waals surface area contributed by atoms with Crippen molar-refractivity contribution in [3.05, 3.63) is 222 Å². The smallest absolute Gasteiger partial charge is 0.135 e. The third-order valence-corrected chi connectivity index (χ3v) is 10.7. The zero-order valence-corrected chi connectivity index (χ0v) is 28.4. The van der Waals surface area contributed by atoms with Crippen molar-refractivity contribution in [2.45, 2.75) is 5.41 Å². The zero-order chi connectivity index (χ0) is 41.0. The highest BCUT2D eigenvalue weighted by Gasteiger charge is 2.47. The molecule has 0 spiro atoms. The minimum Gasteiger partial charge on any atom is -0.456 e. The summed E-state index contributed by atoms with van der Waals surface area (Å²) in [4.78, 5) is 2.22. The SMILES string of the molecule is [2H]c1c([2H])c([2H])c2c([2H])c(C3(c4cccc5oc6ccccc6c45)c4ccccc4-c4cc(N(c5ccccc5)c5ccc6ccccc6c5)ccc43)c([2H])c([2H])c2c1[2H]. The Balaban J connectivity index is 1.29. The lowest BCUT2D eigenvalue weighted by molar-refractivity contribution is 0.667. The van der Waals surface area contributed by atoms with Gasteiger partial charge in [0.2, 0.25) is 0 Å². The first-order valence-corrected chi connectivity index (χ1v) is 17.7. The summed E-state index contributed by atoms with van der Waals surface area (Å²) < 4.78 is 70.9. The maximum absolute atomic E-state index is 10.1. The minimum atomic E-state index is -1.41. The number of anilines is 3. The third kappa shape index (κ3) is 4.39. The molecule has 0 radical (unpaired) electrons. The van der Waals surface area contributed by atoms with E-state index < -0.39 is 29.6 Å². The van der Waals surface area contributed by atoms with Gasteiger partial charge in [0.15, 0.2) is 0 Å². The molecule has 0 N–H and O–H groups in total. The number of hydrogen-bond acceptors (Lipinski definition) is 2. The van der Waals surface area contributed by atoms with Gasteiger partial charge in [-0.25, -0.2) is 0 Å². The molecule has 0 aliphatic heterocycles. The quantitative estimate of drug-likeness (QED) is 0.180. The molecule has 0 saturated carbocycles. The fourth-order valence-corrected chi connectivity index (χ4v) is 8.50. The van der Waals surface area contributed by atoms with E-state index in [0.29, 0.717) is 11.2 Å². The summed E-state index contributed by atoms with van der Waals surface area (Å²) in [5, 5.41) is 3.65. The van der Waals surface area contributed by atoms with Gasteiger partial charge < -0.3 is 9.32 Å². The van der Waals surface area contributed by atoms with Crippen LogP contribution in [0.15, 0.2) is 204 Å². The van der Waals surface area contributed by atoms with Crippen molar-refractivity contribution in [1.82, 2.24) is 0 Å². The Morgan fingerprint density at radius 2 is 1.15 bits per heavy atom. The van der Waals surface area contributed by atoms with Crippen molar-refractivity contribution in [1.29, 1.82) is 0 Å². The molecule has 0 amide bonds. The van der Waals surface area contributed by atoms with Crippen molar-refractivity contribution in [3.63, 3.8) is 0 Å². The molecular weight excluding hydrogens is 643 g/mol. The van der Waals surface area contributed by atoms with Crippen molar-refractivity contribution >= 4 is 60.5 Å². The molecule has 1 aliphatic carbocycles. The highest BCUT2D eigenvalue weighted by molar-refractivity contribution is 6.09. The summed E-state index contributed by atoms with van der Waals surface area (Å²) in [6.07, 6.45) is 0. The Morgan fingerprint density at radius 3 is 2.08 bits per heavy atom. The molecule has 1 atom stereocenters. The predicted octanol–water partition coefficient (Wildman–Crippen LogP) is 13.7. The number of nitrogens with zero attached hydrogens (tertiary/aromatic N) is 1. The first kappa shape index (κ1) is 23.6. The summed E-state index contributed by atoms with van der Waals surface area (Å²) in [5.41, 5.74) is 6.92. The Morgan fingerprint density at radius 1 is 0.453 bits per heavy atom. The van der Waals surface area contributed by atoms with Crippen LogP contribution in [0.4, 0.5) is 17.1 Å². The van der Waals surface area contributed by atoms with Crippen LogP contribution in [-0.2, 0) is 5.41 Å². The molecule has 1 aromatic heterocycles. The predicted molar refractivity (Wildman–Crippen MR) is 221 cm³/mol. The molecule has 10 aromatic rings. The van der Waals surface area contributed by atoms with Crippen LogP contribution >= 0.6 is 0 Å². The van der Waals surface area contributed by atoms with Crippen LogP contribution in [0, 0.1) is 0 Å². The maximum atomic E-state index is 10.1. The second kappa shape index (κ2) is 11.6. The largest absolute Gasteiger partial charge is 0.456 e. The lowest BCUT2D eigenvalue weighted by Gasteiger charge is -2.35. The number of para-hydroxylation sites is 2. The molecule has 2 nitrogen and oxygen atoms in total. The van der Waals surface area contributed by atoms with Crippen LogP contribution in [0.25, 0.3) is 54.6 Å². The summed E-state index contributed by atoms with van der Waals surface area (Å²) in [6, 6.07) is 50.1. The Bertz CT molecular complexity index is 3430. The monoisotopic (exact) mass is 682 g/mol. The lowest BCUT2D eigenvalue weighted by Crippen LogP contribution is -2.29. The van der Waals surface area contributed by atoms with E-state index in [-0.39, 0.29) is 34.5 Å². The fraction of sp³-hybridized carbons (Fsp3) is 0.0196. The first-order chi connectivity index (χ1) is 29.2. The highest BCUT2D eigenvalue weighted by atomic mass is 16.3. The number of benzene rings is 9. The van der Waals surface area contributed by atoms with Gasteiger partial charge in [0, 0.05) is 27.8 Å². The lowest BCUT2D eigenvalue weighted by atomic mass is 9.66. The van der Waals surface area contributed by atoms with Crippen LogP contribution in [0.5, 0.6) is 0 Å². The molecule has 2 heteroatoms.